The molecule has 0 rings (SSSR count). The molecule has 0 aliphatic rings. The van der Waals surface area contributed by atoms with Gasteiger partial charge in [-0.15, -0.1) is 0 Å². The summed E-state index contributed by atoms with van der Waals surface area (Å²) in [5.74, 6) is -4.09. The van der Waals surface area contributed by atoms with Crippen molar-refractivity contribution in [1.29, 1.82) is 0 Å². The van der Waals surface area contributed by atoms with Gasteiger partial charge in [0.15, 0.2) is 0 Å². The molecule has 0 fully saturated rings. The summed E-state index contributed by atoms with van der Waals surface area (Å²) in [4.78, 5) is 40.9. The van der Waals surface area contributed by atoms with Crippen LogP contribution >= 0.6 is 0 Å². The molecule has 0 aromatic rings. The predicted octanol–water partition coefficient (Wildman–Crippen LogP) is 2.13. The van der Waals surface area contributed by atoms with Crippen molar-refractivity contribution in [2.24, 2.45) is 0 Å². The fourth-order valence-corrected chi connectivity index (χ4v) is 1.00. The van der Waals surface area contributed by atoms with Crippen LogP contribution in [-0.2, 0) is 28.7 Å². The number of unbranched alkanes of at least 4 members (excludes halogenated alkanes) is 4. The minimum Gasteiger partial charge on any atom is -0.545 e. The Morgan fingerprint density at radius 2 is 0.909 bits per heavy atom. The van der Waals surface area contributed by atoms with Gasteiger partial charge in [-0.25, -0.2) is 9.59 Å². The van der Waals surface area contributed by atoms with Crippen LogP contribution in [0.3, 0.4) is 0 Å². The fraction of sp³-hybridized carbons (Fsp3) is 0.583. The minimum atomic E-state index is -1.40. The van der Waals surface area contributed by atoms with E-state index in [-0.39, 0.29) is 23.9 Å². The maximum atomic E-state index is 10.6. The van der Waals surface area contributed by atoms with Crippen LogP contribution in [0.15, 0.2) is 24.3 Å². The summed E-state index contributed by atoms with van der Waals surface area (Å²) >= 11 is 0. The van der Waals surface area contributed by atoms with E-state index in [1.54, 1.807) is 0 Å². The summed E-state index contributed by atoms with van der Waals surface area (Å²) in [6.07, 6.45) is 10.9. The second-order valence-electron chi connectivity index (χ2n) is 6.05. The minimum absolute atomic E-state index is 0. The first-order chi connectivity index (χ1) is 15.2. The van der Waals surface area contributed by atoms with Gasteiger partial charge in [0.2, 0.25) is 0 Å². The zero-order valence-electron chi connectivity index (χ0n) is 20.6. The molecule has 0 amide bonds. The molecule has 0 aliphatic heterocycles. The van der Waals surface area contributed by atoms with Gasteiger partial charge in [0.1, 0.15) is 0 Å². The first-order valence-electron chi connectivity index (χ1n) is 10.9. The van der Waals surface area contributed by atoms with E-state index in [0.717, 1.165) is 50.7 Å². The number of hydrogen-bond donors (Lipinski definition) is 0. The van der Waals surface area contributed by atoms with E-state index < -0.39 is 23.9 Å². The number of ether oxygens (including phenoxy) is 2. The zero-order valence-corrected chi connectivity index (χ0v) is 23.4. The molecule has 188 valence electrons. The molecule has 0 unspecified atom stereocenters. The van der Waals surface area contributed by atoms with Crippen LogP contribution < -0.4 is 10.2 Å². The summed E-state index contributed by atoms with van der Waals surface area (Å²) in [7, 11) is 0. The molecule has 0 aromatic carbocycles. The molecular formula is C24H40O8Sn. The fourth-order valence-electron chi connectivity index (χ4n) is 1.00. The second-order valence-corrected chi connectivity index (χ2v) is 6.05. The summed E-state index contributed by atoms with van der Waals surface area (Å²) < 4.78 is 9.23. The Hall–Kier alpha value is -1.84. The number of carboxylic acids is 2. The Bertz CT molecular complexity index is 467. The molecule has 0 bridgehead atoms. The topological polar surface area (TPSA) is 133 Å². The number of hydrogen-bond acceptors (Lipinski definition) is 8. The van der Waals surface area contributed by atoms with Gasteiger partial charge in [0.25, 0.3) is 0 Å². The first-order valence-corrected chi connectivity index (χ1v) is 10.9. The Morgan fingerprint density at radius 3 is 1.09 bits per heavy atom. The standard InChI is InChI=1S/2C8H12O4.2C4H9.Sn/c2*1-2-3-6-12-8(11)5-4-7(9)10;2*1-3-4-2;/h2*4-5H,2-3,6H2,1H3,(H,9,10);2*1,3-4H2,2H3;/q;;;;+2/p-2. The number of carbonyl (C=O) groups is 4. The predicted molar refractivity (Wildman–Crippen MR) is 126 cm³/mol. The molecule has 8 nitrogen and oxygen atoms in total. The van der Waals surface area contributed by atoms with Crippen LogP contribution in [0, 0.1) is 13.8 Å². The van der Waals surface area contributed by atoms with Crippen molar-refractivity contribution >= 4 is 47.8 Å². The molecule has 0 heterocycles. The van der Waals surface area contributed by atoms with Gasteiger partial charge in [0, 0.05) is 12.2 Å². The molecule has 9 heteroatoms. The van der Waals surface area contributed by atoms with Gasteiger partial charge in [-0.1, -0.05) is 80.1 Å². The molecule has 0 atom stereocenters. The Morgan fingerprint density at radius 1 is 0.636 bits per heavy atom. The number of esters is 2. The van der Waals surface area contributed by atoms with E-state index in [4.69, 9.17) is 0 Å². The number of aliphatic carboxylic acids is 2. The van der Waals surface area contributed by atoms with Gasteiger partial charge in [-0.05, 0) is 25.0 Å². The number of rotatable bonds is 12. The van der Waals surface area contributed by atoms with E-state index >= 15 is 0 Å². The van der Waals surface area contributed by atoms with Crippen molar-refractivity contribution in [1.82, 2.24) is 0 Å². The normalized spacial score (nSPS) is 9.15. The Balaban J connectivity index is -0.000000117. The van der Waals surface area contributed by atoms with Gasteiger partial charge in [0.05, 0.1) is 25.2 Å². The third-order valence-electron chi connectivity index (χ3n) is 2.90. The summed E-state index contributed by atoms with van der Waals surface area (Å²) in [6, 6.07) is 0. The van der Waals surface area contributed by atoms with Gasteiger partial charge in [-0.3, -0.25) is 0 Å². The van der Waals surface area contributed by atoms with Crippen LogP contribution in [0.2, 0.25) is 0 Å². The molecule has 4 radical (unpaired) electrons. The van der Waals surface area contributed by atoms with Gasteiger partial charge < -0.3 is 29.3 Å². The molecule has 0 aliphatic carbocycles. The van der Waals surface area contributed by atoms with Crippen molar-refractivity contribution in [2.75, 3.05) is 13.2 Å². The van der Waals surface area contributed by atoms with E-state index in [9.17, 15) is 29.4 Å². The molecule has 0 N–H and O–H groups in total. The summed E-state index contributed by atoms with van der Waals surface area (Å²) in [5.41, 5.74) is 0. The SMILES string of the molecule is CCCCOC(=O)C=CC(=O)[O-].CCCCOC(=O)C=CC(=O)[O-].[CH2]CCC.[CH2]CCC.[Sn+2]. The molecule has 0 aromatic heterocycles. The summed E-state index contributed by atoms with van der Waals surface area (Å²) in [5, 5.41) is 19.7. The molecular weight excluding hydrogens is 535 g/mol. The third-order valence-corrected chi connectivity index (χ3v) is 2.90. The Labute approximate surface area is 216 Å². The van der Waals surface area contributed by atoms with Gasteiger partial charge >= 0.3 is 35.8 Å². The smallest absolute Gasteiger partial charge is 0.545 e. The maximum absolute atomic E-state index is 10.6. The van der Waals surface area contributed by atoms with Crippen LogP contribution in [0.5, 0.6) is 0 Å². The van der Waals surface area contributed by atoms with E-state index in [1.807, 2.05) is 13.8 Å². The largest absolute Gasteiger partial charge is 2.00 e. The number of carboxylic acid groups (broad SMARTS) is 2. The van der Waals surface area contributed by atoms with E-state index in [2.05, 4.69) is 37.2 Å². The monoisotopic (exact) mass is 576 g/mol. The Kier molecular flexibility index (Phi) is 47.0. The van der Waals surface area contributed by atoms with E-state index in [0.29, 0.717) is 25.4 Å². The maximum Gasteiger partial charge on any atom is 2.00 e. The van der Waals surface area contributed by atoms with Crippen molar-refractivity contribution in [3.8, 4) is 0 Å². The molecule has 0 saturated carbocycles. The third kappa shape index (κ3) is 58.8. The second kappa shape index (κ2) is 37.5. The molecule has 0 spiro atoms. The van der Waals surface area contributed by atoms with Crippen LogP contribution in [0.25, 0.3) is 0 Å². The quantitative estimate of drug-likeness (QED) is 0.150. The molecule has 0 saturated heterocycles. The molecule has 33 heavy (non-hydrogen) atoms. The van der Waals surface area contributed by atoms with Gasteiger partial charge in [-0.2, -0.15) is 0 Å². The average Bonchev–Trinajstić information content (AvgIpc) is 2.77. The van der Waals surface area contributed by atoms with Crippen molar-refractivity contribution in [3.63, 3.8) is 0 Å². The van der Waals surface area contributed by atoms with E-state index in [1.165, 1.54) is 12.8 Å². The van der Waals surface area contributed by atoms with Crippen LogP contribution in [0.1, 0.15) is 79.1 Å². The zero-order chi connectivity index (χ0) is 25.6. The van der Waals surface area contributed by atoms with Crippen LogP contribution in [0.4, 0.5) is 0 Å². The van der Waals surface area contributed by atoms with Crippen molar-refractivity contribution in [3.05, 3.63) is 38.2 Å². The first kappa shape index (κ1) is 41.4. The number of carbonyl (C=O) groups excluding carboxylic acids is 4. The summed E-state index contributed by atoms with van der Waals surface area (Å²) in [6.45, 7) is 16.0. The average molecular weight is 575 g/mol. The van der Waals surface area contributed by atoms with Crippen LogP contribution in [-0.4, -0.2) is 61.0 Å². The van der Waals surface area contributed by atoms with Crippen molar-refractivity contribution < 1.29 is 38.9 Å². The van der Waals surface area contributed by atoms with Crippen molar-refractivity contribution in [2.45, 2.75) is 79.1 Å².